The summed E-state index contributed by atoms with van der Waals surface area (Å²) in [5, 5.41) is 0. The Kier molecular flexibility index (Phi) is 5.51. The molecule has 0 amide bonds. The molecule has 0 saturated heterocycles. The zero-order valence-corrected chi connectivity index (χ0v) is 11.0. The first-order valence-corrected chi connectivity index (χ1v) is 9.57. The fourth-order valence-electron chi connectivity index (χ4n) is 1.36. The van der Waals surface area contributed by atoms with Gasteiger partial charge in [-0.1, -0.05) is 0 Å². The third kappa shape index (κ3) is 3.71. The minimum absolute atomic E-state index is 0.895. The maximum atomic E-state index is 2.36. The molecule has 13 heavy (non-hydrogen) atoms. The number of benzene rings is 1. The van der Waals surface area contributed by atoms with Gasteiger partial charge >= 0.3 is 89.1 Å². The molecule has 0 fully saturated rings. The van der Waals surface area contributed by atoms with Crippen molar-refractivity contribution in [3.8, 4) is 0 Å². The maximum absolute atomic E-state index is 2.36. The zero-order valence-electron chi connectivity index (χ0n) is 8.62. The summed E-state index contributed by atoms with van der Waals surface area (Å²) >= 11 is -0.895. The van der Waals surface area contributed by atoms with Gasteiger partial charge in [0.05, 0.1) is 0 Å². The predicted octanol–water partition coefficient (Wildman–Crippen LogP) is 3.21. The van der Waals surface area contributed by atoms with Crippen molar-refractivity contribution in [2.75, 3.05) is 0 Å². The molecule has 0 N–H and O–H groups in total. The standard InChI is InChI=1S/C12H19Te/c1-3-5-11-13(4-2)12-9-7-6-8-10-12/h6-10H,3-5,11H2,1-2H3/q+1. The van der Waals surface area contributed by atoms with E-state index in [0.29, 0.717) is 0 Å². The normalized spacial score (nSPS) is 10.7. The second-order valence-corrected chi connectivity index (χ2v) is 10.1. The third-order valence-corrected chi connectivity index (χ3v) is 9.07. The second kappa shape index (κ2) is 6.46. The van der Waals surface area contributed by atoms with Gasteiger partial charge in [0.25, 0.3) is 0 Å². The fourth-order valence-corrected chi connectivity index (χ4v) is 7.17. The van der Waals surface area contributed by atoms with Crippen molar-refractivity contribution in [2.24, 2.45) is 0 Å². The Hall–Kier alpha value is 0.00961. The van der Waals surface area contributed by atoms with Crippen LogP contribution in [0.3, 0.4) is 0 Å². The number of unbranched alkanes of at least 4 members (excludes halogenated alkanes) is 1. The second-order valence-electron chi connectivity index (χ2n) is 3.15. The first-order chi connectivity index (χ1) is 6.38. The fraction of sp³-hybridized carbons (Fsp3) is 0.500. The van der Waals surface area contributed by atoms with Gasteiger partial charge in [0.2, 0.25) is 0 Å². The average molecular weight is 291 g/mol. The molecule has 0 aliphatic rings. The van der Waals surface area contributed by atoms with Crippen molar-refractivity contribution in [1.29, 1.82) is 0 Å². The molecule has 72 valence electrons. The van der Waals surface area contributed by atoms with E-state index in [0.717, 1.165) is 0 Å². The van der Waals surface area contributed by atoms with Crippen molar-refractivity contribution in [3.05, 3.63) is 30.3 Å². The Balaban J connectivity index is 2.56. The van der Waals surface area contributed by atoms with Gasteiger partial charge < -0.3 is 0 Å². The summed E-state index contributed by atoms with van der Waals surface area (Å²) in [5.74, 6) is 0. The Bertz CT molecular complexity index is 218. The molecule has 0 aliphatic carbocycles. The van der Waals surface area contributed by atoms with E-state index in [-0.39, 0.29) is 0 Å². The van der Waals surface area contributed by atoms with Crippen LogP contribution >= 0.6 is 0 Å². The van der Waals surface area contributed by atoms with E-state index in [9.17, 15) is 0 Å². The molecule has 0 aromatic heterocycles. The molecule has 0 aliphatic heterocycles. The van der Waals surface area contributed by atoms with Crippen molar-refractivity contribution in [2.45, 2.75) is 35.6 Å². The molecule has 0 saturated carbocycles. The van der Waals surface area contributed by atoms with Crippen LogP contribution in [0.1, 0.15) is 26.7 Å². The molecular formula is C12H19Te+. The van der Waals surface area contributed by atoms with Gasteiger partial charge in [-0.25, -0.2) is 0 Å². The molecule has 0 atom stereocenters. The van der Waals surface area contributed by atoms with E-state index >= 15 is 0 Å². The number of hydrogen-bond acceptors (Lipinski definition) is 0. The summed E-state index contributed by atoms with van der Waals surface area (Å²) in [6.07, 6.45) is 2.78. The molecule has 0 nitrogen and oxygen atoms in total. The molecule has 0 spiro atoms. The molecule has 0 heterocycles. The van der Waals surface area contributed by atoms with Crippen LogP contribution in [0, 0.1) is 0 Å². The van der Waals surface area contributed by atoms with Crippen molar-refractivity contribution < 1.29 is 0 Å². The molecule has 1 aromatic rings. The topological polar surface area (TPSA) is 0 Å². The van der Waals surface area contributed by atoms with Gasteiger partial charge in [0.15, 0.2) is 0 Å². The van der Waals surface area contributed by atoms with Crippen molar-refractivity contribution >= 4 is 23.2 Å². The minimum atomic E-state index is -0.895. The van der Waals surface area contributed by atoms with Crippen molar-refractivity contribution in [3.63, 3.8) is 0 Å². The number of hydrogen-bond donors (Lipinski definition) is 0. The van der Waals surface area contributed by atoms with E-state index in [2.05, 4.69) is 44.2 Å². The van der Waals surface area contributed by atoms with Gasteiger partial charge in [-0.15, -0.1) is 0 Å². The Morgan fingerprint density at radius 1 is 1.08 bits per heavy atom. The SMILES string of the molecule is CCCC[Te+](CC)c1ccccc1. The third-order valence-electron chi connectivity index (χ3n) is 2.17. The van der Waals surface area contributed by atoms with E-state index in [1.807, 2.05) is 0 Å². The Morgan fingerprint density at radius 2 is 1.77 bits per heavy atom. The molecule has 1 heteroatoms. The molecule has 0 bridgehead atoms. The van der Waals surface area contributed by atoms with Gasteiger partial charge in [-0.2, -0.15) is 0 Å². The quantitative estimate of drug-likeness (QED) is 0.731. The average Bonchev–Trinajstić information content (AvgIpc) is 2.21. The van der Waals surface area contributed by atoms with Crippen LogP contribution in [0.4, 0.5) is 0 Å². The summed E-state index contributed by atoms with van der Waals surface area (Å²) < 4.78 is 4.63. The molecule has 1 rings (SSSR count). The van der Waals surface area contributed by atoms with Gasteiger partial charge in [0.1, 0.15) is 0 Å². The number of rotatable bonds is 5. The molecular weight excluding hydrogens is 272 g/mol. The summed E-state index contributed by atoms with van der Waals surface area (Å²) in [7, 11) is 0. The van der Waals surface area contributed by atoms with Crippen LogP contribution in [-0.2, 0) is 0 Å². The van der Waals surface area contributed by atoms with E-state index in [1.54, 1.807) is 3.61 Å². The monoisotopic (exact) mass is 293 g/mol. The molecule has 0 unspecified atom stereocenters. The van der Waals surface area contributed by atoms with Gasteiger partial charge in [-0.05, 0) is 0 Å². The van der Waals surface area contributed by atoms with E-state index < -0.39 is 19.6 Å². The summed E-state index contributed by atoms with van der Waals surface area (Å²) in [5.41, 5.74) is 0. The van der Waals surface area contributed by atoms with Crippen LogP contribution in [0.15, 0.2) is 30.3 Å². The van der Waals surface area contributed by atoms with E-state index in [4.69, 9.17) is 0 Å². The van der Waals surface area contributed by atoms with Crippen LogP contribution in [0.2, 0.25) is 8.94 Å². The van der Waals surface area contributed by atoms with Crippen LogP contribution in [0.25, 0.3) is 0 Å². The molecule has 0 radical (unpaired) electrons. The van der Waals surface area contributed by atoms with Crippen LogP contribution in [-0.4, -0.2) is 19.6 Å². The van der Waals surface area contributed by atoms with E-state index in [1.165, 1.54) is 21.8 Å². The zero-order chi connectivity index (χ0) is 9.52. The predicted molar refractivity (Wildman–Crippen MR) is 62.0 cm³/mol. The first-order valence-electron chi connectivity index (χ1n) is 5.11. The summed E-state index contributed by atoms with van der Waals surface area (Å²) in [6, 6.07) is 11.1. The van der Waals surface area contributed by atoms with Crippen LogP contribution < -0.4 is 3.61 Å². The van der Waals surface area contributed by atoms with Crippen molar-refractivity contribution in [1.82, 2.24) is 0 Å². The van der Waals surface area contributed by atoms with Gasteiger partial charge in [0, 0.05) is 0 Å². The Labute approximate surface area is 89.0 Å². The molecule has 1 aromatic carbocycles. The van der Waals surface area contributed by atoms with Crippen LogP contribution in [0.5, 0.6) is 0 Å². The van der Waals surface area contributed by atoms with Gasteiger partial charge in [-0.3, -0.25) is 0 Å². The first kappa shape index (κ1) is 11.1. The summed E-state index contributed by atoms with van der Waals surface area (Å²) in [4.78, 5) is 0. The summed E-state index contributed by atoms with van der Waals surface area (Å²) in [6.45, 7) is 4.65. The Morgan fingerprint density at radius 3 is 2.31 bits per heavy atom.